The van der Waals surface area contributed by atoms with Crippen molar-refractivity contribution >= 4 is 0 Å². The largest absolute Gasteiger partial charge is 0.416 e. The van der Waals surface area contributed by atoms with Crippen LogP contribution in [0.2, 0.25) is 0 Å². The first-order valence-electron chi connectivity index (χ1n) is 7.14. The highest BCUT2D eigenvalue weighted by Crippen LogP contribution is 2.42. The zero-order valence-corrected chi connectivity index (χ0v) is 12.1. The van der Waals surface area contributed by atoms with E-state index >= 15 is 0 Å². The Bertz CT molecular complexity index is 679. The molecular weight excluding hydrogens is 273 g/mol. The molecule has 0 heterocycles. The zero-order chi connectivity index (χ0) is 15.2. The standard InChI is InChI=1S/C18H17F3/c1-11-7-15(9-16(8-11)18(19,20)21)17-10-14(13-5-6-13)4-3-12(17)2/h3-4,7-10,13H,5-6H2,1-2H3. The Morgan fingerprint density at radius 2 is 1.67 bits per heavy atom. The molecule has 1 aliphatic carbocycles. The predicted octanol–water partition coefficient (Wildman–Crippen LogP) is 5.87. The Labute approximate surface area is 122 Å². The van der Waals surface area contributed by atoms with Gasteiger partial charge in [-0.15, -0.1) is 0 Å². The Morgan fingerprint density at radius 3 is 2.29 bits per heavy atom. The maximum Gasteiger partial charge on any atom is 0.416 e. The lowest BCUT2D eigenvalue weighted by Crippen LogP contribution is -2.05. The van der Waals surface area contributed by atoms with Crippen LogP contribution in [0.4, 0.5) is 13.2 Å². The fraction of sp³-hybridized carbons (Fsp3) is 0.333. The summed E-state index contributed by atoms with van der Waals surface area (Å²) >= 11 is 0. The van der Waals surface area contributed by atoms with E-state index in [1.807, 2.05) is 19.1 Å². The van der Waals surface area contributed by atoms with E-state index in [4.69, 9.17) is 0 Å². The van der Waals surface area contributed by atoms with Crippen molar-refractivity contribution in [2.45, 2.75) is 38.8 Å². The van der Waals surface area contributed by atoms with Gasteiger partial charge in [0, 0.05) is 0 Å². The number of alkyl halides is 3. The summed E-state index contributed by atoms with van der Waals surface area (Å²) in [7, 11) is 0. The summed E-state index contributed by atoms with van der Waals surface area (Å²) in [5, 5.41) is 0. The molecule has 3 rings (SSSR count). The molecule has 1 aliphatic rings. The third kappa shape index (κ3) is 2.97. The van der Waals surface area contributed by atoms with Crippen molar-refractivity contribution in [2.75, 3.05) is 0 Å². The lowest BCUT2D eigenvalue weighted by Gasteiger charge is -2.13. The van der Waals surface area contributed by atoms with Crippen LogP contribution in [0.25, 0.3) is 11.1 Å². The molecule has 3 heteroatoms. The van der Waals surface area contributed by atoms with E-state index in [0.717, 1.165) is 11.1 Å². The molecule has 0 saturated heterocycles. The van der Waals surface area contributed by atoms with Crippen molar-refractivity contribution in [3.8, 4) is 11.1 Å². The summed E-state index contributed by atoms with van der Waals surface area (Å²) in [6.45, 7) is 3.65. The third-order valence-corrected chi connectivity index (χ3v) is 4.03. The first-order chi connectivity index (χ1) is 9.84. The van der Waals surface area contributed by atoms with E-state index in [1.54, 1.807) is 6.92 Å². The second-order valence-electron chi connectivity index (χ2n) is 5.93. The molecule has 0 amide bonds. The number of halogens is 3. The zero-order valence-electron chi connectivity index (χ0n) is 12.1. The van der Waals surface area contributed by atoms with Crippen LogP contribution in [0, 0.1) is 13.8 Å². The maximum atomic E-state index is 13.0. The lowest BCUT2D eigenvalue weighted by atomic mass is 9.94. The molecule has 110 valence electrons. The Kier molecular flexibility index (Phi) is 3.31. The van der Waals surface area contributed by atoms with Gasteiger partial charge in [0.2, 0.25) is 0 Å². The van der Waals surface area contributed by atoms with Gasteiger partial charge >= 0.3 is 6.18 Å². The summed E-state index contributed by atoms with van der Waals surface area (Å²) < 4.78 is 38.9. The number of hydrogen-bond donors (Lipinski definition) is 0. The van der Waals surface area contributed by atoms with Crippen LogP contribution in [0.1, 0.15) is 41.0 Å². The van der Waals surface area contributed by atoms with Gasteiger partial charge in [-0.3, -0.25) is 0 Å². The molecule has 0 bridgehead atoms. The quantitative estimate of drug-likeness (QED) is 0.649. The smallest absolute Gasteiger partial charge is 0.166 e. The third-order valence-electron chi connectivity index (χ3n) is 4.03. The normalized spacial score (nSPS) is 15.3. The van der Waals surface area contributed by atoms with Crippen LogP contribution in [-0.2, 0) is 6.18 Å². The summed E-state index contributed by atoms with van der Waals surface area (Å²) in [6.07, 6.45) is -1.93. The molecule has 1 saturated carbocycles. The van der Waals surface area contributed by atoms with E-state index in [9.17, 15) is 13.2 Å². The minimum atomic E-state index is -4.30. The van der Waals surface area contributed by atoms with Crippen molar-refractivity contribution in [1.29, 1.82) is 0 Å². The van der Waals surface area contributed by atoms with Gasteiger partial charge in [-0.05, 0) is 72.6 Å². The molecule has 0 N–H and O–H groups in total. The van der Waals surface area contributed by atoms with Crippen molar-refractivity contribution < 1.29 is 13.2 Å². The number of rotatable bonds is 2. The summed E-state index contributed by atoms with van der Waals surface area (Å²) in [5.74, 6) is 0.594. The molecule has 0 atom stereocenters. The molecular formula is C18H17F3. The maximum absolute atomic E-state index is 13.0. The summed E-state index contributed by atoms with van der Waals surface area (Å²) in [6, 6.07) is 10.4. The van der Waals surface area contributed by atoms with Gasteiger partial charge in [0.05, 0.1) is 5.56 Å². The Morgan fingerprint density at radius 1 is 0.952 bits per heavy atom. The van der Waals surface area contributed by atoms with E-state index < -0.39 is 11.7 Å². The fourth-order valence-corrected chi connectivity index (χ4v) is 2.72. The van der Waals surface area contributed by atoms with Gasteiger partial charge < -0.3 is 0 Å². The highest BCUT2D eigenvalue weighted by atomic mass is 19.4. The summed E-state index contributed by atoms with van der Waals surface area (Å²) in [4.78, 5) is 0. The van der Waals surface area contributed by atoms with E-state index in [1.165, 1.54) is 30.5 Å². The van der Waals surface area contributed by atoms with Crippen molar-refractivity contribution in [1.82, 2.24) is 0 Å². The predicted molar refractivity (Wildman–Crippen MR) is 78.3 cm³/mol. The van der Waals surface area contributed by atoms with E-state index in [2.05, 4.69) is 12.1 Å². The number of benzene rings is 2. The molecule has 0 unspecified atom stereocenters. The van der Waals surface area contributed by atoms with Crippen LogP contribution in [0.5, 0.6) is 0 Å². The minimum absolute atomic E-state index is 0.575. The molecule has 2 aromatic carbocycles. The van der Waals surface area contributed by atoms with Gasteiger partial charge in [0.15, 0.2) is 0 Å². The molecule has 2 aromatic rings. The van der Waals surface area contributed by atoms with Crippen molar-refractivity contribution in [3.05, 3.63) is 58.7 Å². The minimum Gasteiger partial charge on any atom is -0.166 e. The van der Waals surface area contributed by atoms with Gasteiger partial charge in [-0.25, -0.2) is 0 Å². The highest BCUT2D eigenvalue weighted by molar-refractivity contribution is 5.70. The van der Waals surface area contributed by atoms with Crippen molar-refractivity contribution in [2.24, 2.45) is 0 Å². The Hall–Kier alpha value is -1.77. The van der Waals surface area contributed by atoms with Gasteiger partial charge in [0.1, 0.15) is 0 Å². The average molecular weight is 290 g/mol. The molecule has 21 heavy (non-hydrogen) atoms. The first-order valence-corrected chi connectivity index (χ1v) is 7.14. The SMILES string of the molecule is Cc1cc(-c2cc(C3CC3)ccc2C)cc(C(F)(F)F)c1. The van der Waals surface area contributed by atoms with Crippen LogP contribution < -0.4 is 0 Å². The van der Waals surface area contributed by atoms with E-state index in [-0.39, 0.29) is 0 Å². The van der Waals surface area contributed by atoms with Crippen LogP contribution >= 0.6 is 0 Å². The second kappa shape index (κ2) is 4.90. The van der Waals surface area contributed by atoms with Crippen molar-refractivity contribution in [3.63, 3.8) is 0 Å². The number of aryl methyl sites for hydroxylation is 2. The first kappa shape index (κ1) is 14.2. The highest BCUT2D eigenvalue weighted by Gasteiger charge is 2.31. The molecule has 0 radical (unpaired) electrons. The van der Waals surface area contributed by atoms with Crippen LogP contribution in [-0.4, -0.2) is 0 Å². The monoisotopic (exact) mass is 290 g/mol. The van der Waals surface area contributed by atoms with E-state index in [0.29, 0.717) is 17.0 Å². The average Bonchev–Trinajstić information content (AvgIpc) is 3.22. The van der Waals surface area contributed by atoms with Gasteiger partial charge in [-0.2, -0.15) is 13.2 Å². The molecule has 1 fully saturated rings. The summed E-state index contributed by atoms with van der Waals surface area (Å²) in [5.41, 5.74) is 3.88. The second-order valence-corrected chi connectivity index (χ2v) is 5.93. The number of hydrogen-bond acceptors (Lipinski definition) is 0. The molecule has 0 nitrogen and oxygen atoms in total. The molecule has 0 aromatic heterocycles. The van der Waals surface area contributed by atoms with Crippen LogP contribution in [0.15, 0.2) is 36.4 Å². The molecule has 0 spiro atoms. The van der Waals surface area contributed by atoms with Gasteiger partial charge in [-0.1, -0.05) is 24.3 Å². The fourth-order valence-electron chi connectivity index (χ4n) is 2.72. The topological polar surface area (TPSA) is 0 Å². The lowest BCUT2D eigenvalue weighted by molar-refractivity contribution is -0.137. The Balaban J connectivity index is 2.11. The molecule has 0 aliphatic heterocycles. The van der Waals surface area contributed by atoms with Gasteiger partial charge in [0.25, 0.3) is 0 Å². The van der Waals surface area contributed by atoms with Crippen LogP contribution in [0.3, 0.4) is 0 Å².